The number of rotatable bonds is 3. The van der Waals surface area contributed by atoms with E-state index in [0.717, 1.165) is 6.07 Å². The van der Waals surface area contributed by atoms with Crippen molar-refractivity contribution in [1.82, 2.24) is 0 Å². The molecule has 0 spiro atoms. The Morgan fingerprint density at radius 3 is 2.20 bits per heavy atom. The smallest absolute Gasteiger partial charge is 0.298 e. The van der Waals surface area contributed by atoms with E-state index in [9.17, 15) is 25.0 Å². The van der Waals surface area contributed by atoms with Crippen molar-refractivity contribution in [1.29, 1.82) is 0 Å². The van der Waals surface area contributed by atoms with Gasteiger partial charge in [0, 0.05) is 17.2 Å². The van der Waals surface area contributed by atoms with E-state index in [1.807, 2.05) is 0 Å². The largest absolute Gasteiger partial charge is 0.348 e. The van der Waals surface area contributed by atoms with Gasteiger partial charge in [0.25, 0.3) is 0 Å². The fourth-order valence-electron chi connectivity index (χ4n) is 1.23. The molecule has 1 aromatic carbocycles. The highest BCUT2D eigenvalue weighted by Crippen LogP contribution is 2.30. The molecule has 0 amide bonds. The summed E-state index contributed by atoms with van der Waals surface area (Å²) in [7, 11) is 0. The van der Waals surface area contributed by atoms with Gasteiger partial charge in [-0.1, -0.05) is 0 Å². The van der Waals surface area contributed by atoms with E-state index in [2.05, 4.69) is 0 Å². The molecule has 0 N–H and O–H groups in total. The lowest BCUT2D eigenvalue weighted by Crippen LogP contribution is -2.00. The van der Waals surface area contributed by atoms with Crippen LogP contribution in [0, 0.1) is 27.2 Å². The maximum absolute atomic E-state index is 10.6. The highest BCUT2D eigenvalue weighted by atomic mass is 16.6. The number of carbonyl (C=O) groups excluding carboxylic acids is 1. The van der Waals surface area contributed by atoms with Crippen molar-refractivity contribution in [2.75, 3.05) is 0 Å². The SMILES string of the molecule is Cc1cc(C=O)cc([N+](=O)[O-])c1[N+](=O)[O-]. The van der Waals surface area contributed by atoms with Crippen molar-refractivity contribution in [2.45, 2.75) is 6.92 Å². The summed E-state index contributed by atoms with van der Waals surface area (Å²) in [5.41, 5.74) is -1.10. The Bertz CT molecular complexity index is 455. The summed E-state index contributed by atoms with van der Waals surface area (Å²) in [6, 6.07) is 2.12. The number of aryl methyl sites for hydroxylation is 1. The summed E-state index contributed by atoms with van der Waals surface area (Å²) in [6.45, 7) is 1.35. The summed E-state index contributed by atoms with van der Waals surface area (Å²) in [5.74, 6) is 0. The molecular weight excluding hydrogens is 204 g/mol. The van der Waals surface area contributed by atoms with Crippen LogP contribution in [-0.4, -0.2) is 16.1 Å². The Balaban J connectivity index is 3.56. The predicted octanol–water partition coefficient (Wildman–Crippen LogP) is 1.62. The lowest BCUT2D eigenvalue weighted by atomic mass is 10.1. The summed E-state index contributed by atoms with van der Waals surface area (Å²) in [6.07, 6.45) is 0.406. The van der Waals surface area contributed by atoms with E-state index in [-0.39, 0.29) is 11.1 Å². The fraction of sp³-hybridized carbons (Fsp3) is 0.125. The molecule has 0 fully saturated rings. The Hall–Kier alpha value is -2.31. The molecule has 7 nitrogen and oxygen atoms in total. The Morgan fingerprint density at radius 2 is 1.80 bits per heavy atom. The molecule has 0 radical (unpaired) electrons. The second kappa shape index (κ2) is 3.82. The summed E-state index contributed by atoms with van der Waals surface area (Å²) in [5, 5.41) is 21.1. The number of nitrogens with zero attached hydrogens (tertiary/aromatic N) is 2. The Kier molecular flexibility index (Phi) is 2.75. The van der Waals surface area contributed by atoms with E-state index in [0.29, 0.717) is 6.29 Å². The van der Waals surface area contributed by atoms with Crippen LogP contribution in [0.15, 0.2) is 12.1 Å². The van der Waals surface area contributed by atoms with Crippen LogP contribution < -0.4 is 0 Å². The lowest BCUT2D eigenvalue weighted by Gasteiger charge is -1.99. The number of carbonyl (C=O) groups is 1. The van der Waals surface area contributed by atoms with Gasteiger partial charge < -0.3 is 0 Å². The molecule has 0 aliphatic rings. The first kappa shape index (κ1) is 10.8. The number of benzene rings is 1. The molecular formula is C8H6N2O5. The topological polar surface area (TPSA) is 103 Å². The number of nitro groups is 2. The molecule has 0 heterocycles. The first-order chi connectivity index (χ1) is 6.97. The Morgan fingerprint density at radius 1 is 1.20 bits per heavy atom. The quantitative estimate of drug-likeness (QED) is 0.428. The normalized spacial score (nSPS) is 9.67. The zero-order chi connectivity index (χ0) is 11.6. The first-order valence-corrected chi connectivity index (χ1v) is 3.86. The fourth-order valence-corrected chi connectivity index (χ4v) is 1.23. The number of hydrogen-bond acceptors (Lipinski definition) is 5. The van der Waals surface area contributed by atoms with Gasteiger partial charge in [-0.2, -0.15) is 0 Å². The van der Waals surface area contributed by atoms with Crippen LogP contribution >= 0.6 is 0 Å². The minimum Gasteiger partial charge on any atom is -0.298 e. The van der Waals surface area contributed by atoms with Crippen LogP contribution in [0.5, 0.6) is 0 Å². The third kappa shape index (κ3) is 1.96. The first-order valence-electron chi connectivity index (χ1n) is 3.86. The third-order valence-electron chi connectivity index (χ3n) is 1.82. The van der Waals surface area contributed by atoms with Gasteiger partial charge in [-0.25, -0.2) is 0 Å². The van der Waals surface area contributed by atoms with Crippen LogP contribution in [0.4, 0.5) is 11.4 Å². The van der Waals surface area contributed by atoms with Crippen molar-refractivity contribution in [3.8, 4) is 0 Å². The zero-order valence-electron chi connectivity index (χ0n) is 7.67. The number of nitro benzene ring substituents is 2. The second-order valence-corrected chi connectivity index (χ2v) is 2.84. The summed E-state index contributed by atoms with van der Waals surface area (Å²) in [4.78, 5) is 29.8. The zero-order valence-corrected chi connectivity index (χ0v) is 7.67. The predicted molar refractivity (Wildman–Crippen MR) is 49.9 cm³/mol. The van der Waals surface area contributed by atoms with Crippen molar-refractivity contribution >= 4 is 17.7 Å². The molecule has 1 aromatic rings. The van der Waals surface area contributed by atoms with Crippen molar-refractivity contribution in [2.24, 2.45) is 0 Å². The number of hydrogen-bond donors (Lipinski definition) is 0. The molecule has 0 atom stereocenters. The van der Waals surface area contributed by atoms with E-state index in [4.69, 9.17) is 0 Å². The molecule has 7 heteroatoms. The average molecular weight is 210 g/mol. The van der Waals surface area contributed by atoms with E-state index in [1.165, 1.54) is 13.0 Å². The van der Waals surface area contributed by atoms with Crippen molar-refractivity contribution in [3.05, 3.63) is 43.5 Å². The van der Waals surface area contributed by atoms with Gasteiger partial charge in [0.2, 0.25) is 0 Å². The molecule has 0 unspecified atom stereocenters. The van der Waals surface area contributed by atoms with Gasteiger partial charge in [0.05, 0.1) is 9.85 Å². The monoisotopic (exact) mass is 210 g/mol. The van der Waals surface area contributed by atoms with E-state index in [1.54, 1.807) is 0 Å². The maximum Gasteiger partial charge on any atom is 0.348 e. The molecule has 78 valence electrons. The summed E-state index contributed by atoms with van der Waals surface area (Å²) < 4.78 is 0. The maximum atomic E-state index is 10.6. The number of aldehydes is 1. The molecule has 15 heavy (non-hydrogen) atoms. The lowest BCUT2D eigenvalue weighted by molar-refractivity contribution is -0.422. The van der Waals surface area contributed by atoms with Crippen LogP contribution in [0.25, 0.3) is 0 Å². The van der Waals surface area contributed by atoms with E-state index < -0.39 is 21.2 Å². The highest BCUT2D eigenvalue weighted by Gasteiger charge is 2.27. The molecule has 0 saturated carbocycles. The second-order valence-electron chi connectivity index (χ2n) is 2.84. The van der Waals surface area contributed by atoms with E-state index >= 15 is 0 Å². The molecule has 0 aliphatic carbocycles. The molecule has 0 saturated heterocycles. The van der Waals surface area contributed by atoms with Gasteiger partial charge in [0.15, 0.2) is 0 Å². The van der Waals surface area contributed by atoms with Gasteiger partial charge in [-0.05, 0) is 13.0 Å². The minimum absolute atomic E-state index is 0.0461. The minimum atomic E-state index is -0.877. The molecule has 0 aliphatic heterocycles. The highest BCUT2D eigenvalue weighted by molar-refractivity contribution is 5.79. The molecule has 1 rings (SSSR count). The van der Waals surface area contributed by atoms with Gasteiger partial charge in [-0.3, -0.25) is 25.0 Å². The molecule has 0 aromatic heterocycles. The van der Waals surface area contributed by atoms with Gasteiger partial charge in [-0.15, -0.1) is 0 Å². The standard InChI is InChI=1S/C8H6N2O5/c1-5-2-6(4-11)3-7(9(12)13)8(5)10(14)15/h2-4H,1H3. The Labute approximate surface area is 83.6 Å². The molecule has 0 bridgehead atoms. The van der Waals surface area contributed by atoms with Crippen molar-refractivity contribution in [3.63, 3.8) is 0 Å². The van der Waals surface area contributed by atoms with Crippen LogP contribution in [0.3, 0.4) is 0 Å². The summed E-state index contributed by atoms with van der Waals surface area (Å²) >= 11 is 0. The van der Waals surface area contributed by atoms with Gasteiger partial charge in [0.1, 0.15) is 6.29 Å². The third-order valence-corrected chi connectivity index (χ3v) is 1.82. The van der Waals surface area contributed by atoms with Crippen molar-refractivity contribution < 1.29 is 14.6 Å². The van der Waals surface area contributed by atoms with Gasteiger partial charge >= 0.3 is 11.4 Å². The van der Waals surface area contributed by atoms with Crippen LogP contribution in [0.2, 0.25) is 0 Å². The average Bonchev–Trinajstić information content (AvgIpc) is 2.15. The van der Waals surface area contributed by atoms with Crippen LogP contribution in [-0.2, 0) is 0 Å². The van der Waals surface area contributed by atoms with Crippen LogP contribution in [0.1, 0.15) is 15.9 Å².